The normalized spacial score (nSPS) is 14.7. The Balaban J connectivity index is 1.72. The first kappa shape index (κ1) is 19.9. The average Bonchev–Trinajstić information content (AvgIpc) is 2.77. The van der Waals surface area contributed by atoms with Crippen molar-refractivity contribution in [3.05, 3.63) is 53.9 Å². The SMILES string of the molecule is C=NOCC1CCN(c2ncnc3c(-c4ccc(C=O)c(F)c4)cc(F)cc23)CC1. The third kappa shape index (κ3) is 3.85. The summed E-state index contributed by atoms with van der Waals surface area (Å²) in [5, 5.41) is 4.01. The molecule has 0 unspecified atom stereocenters. The van der Waals surface area contributed by atoms with Crippen molar-refractivity contribution in [2.45, 2.75) is 12.8 Å². The molecular formula is C22H20F2N4O2. The lowest BCUT2D eigenvalue weighted by Gasteiger charge is -2.32. The van der Waals surface area contributed by atoms with Crippen LogP contribution in [0.5, 0.6) is 0 Å². The van der Waals surface area contributed by atoms with E-state index in [-0.39, 0.29) is 5.56 Å². The van der Waals surface area contributed by atoms with Crippen molar-refractivity contribution in [2.75, 3.05) is 24.6 Å². The molecule has 0 aliphatic carbocycles. The molecule has 30 heavy (non-hydrogen) atoms. The highest BCUT2D eigenvalue weighted by molar-refractivity contribution is 5.99. The number of halogens is 2. The monoisotopic (exact) mass is 410 g/mol. The Hall–Kier alpha value is -3.42. The first-order chi connectivity index (χ1) is 14.6. The minimum Gasteiger partial charge on any atom is -0.396 e. The molecule has 1 aliphatic rings. The second-order valence-electron chi connectivity index (χ2n) is 7.26. The molecule has 154 valence electrons. The highest BCUT2D eigenvalue weighted by Crippen LogP contribution is 2.34. The van der Waals surface area contributed by atoms with Gasteiger partial charge in [-0.1, -0.05) is 6.07 Å². The predicted molar refractivity (Wildman–Crippen MR) is 111 cm³/mol. The van der Waals surface area contributed by atoms with Crippen LogP contribution in [0.2, 0.25) is 0 Å². The van der Waals surface area contributed by atoms with E-state index in [1.807, 2.05) is 0 Å². The number of anilines is 1. The second-order valence-corrected chi connectivity index (χ2v) is 7.26. The maximum absolute atomic E-state index is 14.5. The molecule has 0 radical (unpaired) electrons. The molecule has 8 heteroatoms. The van der Waals surface area contributed by atoms with Crippen molar-refractivity contribution >= 4 is 29.7 Å². The predicted octanol–water partition coefficient (Wildman–Crippen LogP) is 4.24. The van der Waals surface area contributed by atoms with Crippen LogP contribution >= 0.6 is 0 Å². The number of rotatable bonds is 6. The number of nitrogens with zero attached hydrogens (tertiary/aromatic N) is 4. The zero-order valence-corrected chi connectivity index (χ0v) is 16.2. The van der Waals surface area contributed by atoms with E-state index in [9.17, 15) is 13.6 Å². The van der Waals surface area contributed by atoms with E-state index in [4.69, 9.17) is 4.84 Å². The molecule has 0 amide bonds. The number of fused-ring (bicyclic) bond motifs is 1. The number of carbonyl (C=O) groups is 1. The average molecular weight is 410 g/mol. The van der Waals surface area contributed by atoms with Gasteiger partial charge in [-0.2, -0.15) is 0 Å². The van der Waals surface area contributed by atoms with Gasteiger partial charge in [0, 0.05) is 30.8 Å². The lowest BCUT2D eigenvalue weighted by Crippen LogP contribution is -2.35. The first-order valence-corrected chi connectivity index (χ1v) is 9.63. The van der Waals surface area contributed by atoms with Crippen LogP contribution in [0.4, 0.5) is 14.6 Å². The molecule has 0 spiro atoms. The Morgan fingerprint density at radius 1 is 1.20 bits per heavy atom. The van der Waals surface area contributed by atoms with Gasteiger partial charge in [0.15, 0.2) is 6.29 Å². The van der Waals surface area contributed by atoms with Crippen molar-refractivity contribution in [1.29, 1.82) is 0 Å². The molecule has 3 aromatic rings. The molecule has 0 N–H and O–H groups in total. The van der Waals surface area contributed by atoms with Crippen LogP contribution in [0.25, 0.3) is 22.0 Å². The van der Waals surface area contributed by atoms with Crippen LogP contribution in [0.3, 0.4) is 0 Å². The van der Waals surface area contributed by atoms with Crippen LogP contribution in [-0.4, -0.2) is 42.7 Å². The van der Waals surface area contributed by atoms with E-state index in [0.29, 0.717) is 46.7 Å². The number of hydrogen-bond donors (Lipinski definition) is 0. The summed E-state index contributed by atoms with van der Waals surface area (Å²) in [4.78, 5) is 26.8. The van der Waals surface area contributed by atoms with Crippen LogP contribution in [-0.2, 0) is 4.84 Å². The molecule has 1 saturated heterocycles. The maximum atomic E-state index is 14.5. The van der Waals surface area contributed by atoms with E-state index < -0.39 is 11.6 Å². The summed E-state index contributed by atoms with van der Waals surface area (Å²) in [6, 6.07) is 6.91. The minimum atomic E-state index is -0.660. The van der Waals surface area contributed by atoms with Gasteiger partial charge < -0.3 is 9.74 Å². The second kappa shape index (κ2) is 8.52. The van der Waals surface area contributed by atoms with Gasteiger partial charge in [-0.05, 0) is 48.6 Å². The molecule has 1 aliphatic heterocycles. The minimum absolute atomic E-state index is 0.0479. The maximum Gasteiger partial charge on any atom is 0.152 e. The Morgan fingerprint density at radius 2 is 2.00 bits per heavy atom. The van der Waals surface area contributed by atoms with Crippen molar-refractivity contribution in [3.63, 3.8) is 0 Å². The van der Waals surface area contributed by atoms with Crippen LogP contribution in [0.15, 0.2) is 41.8 Å². The van der Waals surface area contributed by atoms with E-state index >= 15 is 0 Å². The molecule has 0 atom stereocenters. The van der Waals surface area contributed by atoms with E-state index in [2.05, 4.69) is 26.7 Å². The number of benzene rings is 2. The standard InChI is InChI=1S/C22H20F2N4O2/c1-25-30-12-14-4-6-28(7-5-14)22-19-10-17(23)9-18(21(19)26-13-27-22)15-2-3-16(11-29)20(24)8-15/h2-3,8-11,13-14H,1,4-7,12H2. The number of piperidine rings is 1. The molecule has 0 bridgehead atoms. The van der Waals surface area contributed by atoms with Gasteiger partial charge in [0.25, 0.3) is 0 Å². The summed E-state index contributed by atoms with van der Waals surface area (Å²) < 4.78 is 28.7. The number of hydrogen-bond acceptors (Lipinski definition) is 6. The van der Waals surface area contributed by atoms with Crippen LogP contribution in [0, 0.1) is 17.6 Å². The number of oxime groups is 1. The van der Waals surface area contributed by atoms with Crippen LogP contribution in [0.1, 0.15) is 23.2 Å². The Kier molecular flexibility index (Phi) is 5.65. The highest BCUT2D eigenvalue weighted by Gasteiger charge is 2.23. The fraction of sp³-hybridized carbons (Fsp3) is 0.273. The fourth-order valence-corrected chi connectivity index (χ4v) is 3.85. The van der Waals surface area contributed by atoms with Gasteiger partial charge in [-0.15, -0.1) is 5.16 Å². The Morgan fingerprint density at radius 3 is 2.70 bits per heavy atom. The molecule has 2 heterocycles. The summed E-state index contributed by atoms with van der Waals surface area (Å²) in [6.45, 7) is 5.34. The molecule has 1 aromatic heterocycles. The lowest BCUT2D eigenvalue weighted by atomic mass is 9.97. The number of carbonyl (C=O) groups excluding carboxylic acids is 1. The number of aromatic nitrogens is 2. The van der Waals surface area contributed by atoms with E-state index in [1.54, 1.807) is 6.07 Å². The van der Waals surface area contributed by atoms with Crippen molar-refractivity contribution in [1.82, 2.24) is 9.97 Å². The van der Waals surface area contributed by atoms with E-state index in [1.165, 1.54) is 30.6 Å². The summed E-state index contributed by atoms with van der Waals surface area (Å²) in [7, 11) is 0. The van der Waals surface area contributed by atoms with Crippen LogP contribution < -0.4 is 4.90 Å². The largest absolute Gasteiger partial charge is 0.396 e. The molecule has 2 aromatic carbocycles. The van der Waals surface area contributed by atoms with Gasteiger partial charge in [-0.3, -0.25) is 4.79 Å². The quantitative estimate of drug-likeness (QED) is 0.346. The van der Waals surface area contributed by atoms with Gasteiger partial charge in [-0.25, -0.2) is 18.7 Å². The topological polar surface area (TPSA) is 67.7 Å². The van der Waals surface area contributed by atoms with Crippen molar-refractivity contribution in [2.24, 2.45) is 11.1 Å². The summed E-state index contributed by atoms with van der Waals surface area (Å²) in [5.41, 5.74) is 1.37. The zero-order chi connectivity index (χ0) is 21.1. The lowest BCUT2D eigenvalue weighted by molar-refractivity contribution is 0.0991. The summed E-state index contributed by atoms with van der Waals surface area (Å²) in [6.07, 6.45) is 3.66. The van der Waals surface area contributed by atoms with Gasteiger partial charge in [0.2, 0.25) is 0 Å². The zero-order valence-electron chi connectivity index (χ0n) is 16.2. The number of aldehydes is 1. The molecule has 1 fully saturated rings. The summed E-state index contributed by atoms with van der Waals surface area (Å²) in [5.74, 6) is -0.0975. The van der Waals surface area contributed by atoms with Crippen molar-refractivity contribution < 1.29 is 18.4 Å². The first-order valence-electron chi connectivity index (χ1n) is 9.63. The molecule has 6 nitrogen and oxygen atoms in total. The van der Waals surface area contributed by atoms with Gasteiger partial charge >= 0.3 is 0 Å². The molecule has 4 rings (SSSR count). The van der Waals surface area contributed by atoms with Crippen molar-refractivity contribution in [3.8, 4) is 11.1 Å². The highest BCUT2D eigenvalue weighted by atomic mass is 19.1. The summed E-state index contributed by atoms with van der Waals surface area (Å²) >= 11 is 0. The third-order valence-electron chi connectivity index (χ3n) is 5.44. The Bertz CT molecular complexity index is 1100. The fourth-order valence-electron chi connectivity index (χ4n) is 3.85. The molecular weight excluding hydrogens is 390 g/mol. The molecule has 0 saturated carbocycles. The van der Waals surface area contributed by atoms with E-state index in [0.717, 1.165) is 25.9 Å². The smallest absolute Gasteiger partial charge is 0.152 e. The van der Waals surface area contributed by atoms with Gasteiger partial charge in [0.1, 0.15) is 30.4 Å². The Labute approximate surface area is 172 Å². The van der Waals surface area contributed by atoms with Gasteiger partial charge in [0.05, 0.1) is 11.1 Å². The third-order valence-corrected chi connectivity index (χ3v) is 5.44.